The van der Waals surface area contributed by atoms with Gasteiger partial charge in [0.15, 0.2) is 0 Å². The molecule has 0 atom stereocenters. The van der Waals surface area contributed by atoms with Crippen LogP contribution in [0.1, 0.15) is 41.0 Å². The van der Waals surface area contributed by atoms with Gasteiger partial charge in [0.25, 0.3) is 5.91 Å². The highest BCUT2D eigenvalue weighted by molar-refractivity contribution is 6.37. The number of Topliss-reactive ketones (excluding diaryl/α,β-unsaturated/α-hetero) is 1. The maximum absolute atomic E-state index is 11.8. The number of hydrogen-bond acceptors (Lipinski definition) is 2. The Morgan fingerprint density at radius 1 is 1.07 bits per heavy atom. The summed E-state index contributed by atoms with van der Waals surface area (Å²) in [4.78, 5) is 25.0. The first-order chi connectivity index (χ1) is 6.40. The largest absolute Gasteiger partial charge is 0.337 e. The molecule has 0 heterocycles. The Kier molecular flexibility index (Phi) is 4.81. The van der Waals surface area contributed by atoms with Crippen LogP contribution in [0.5, 0.6) is 0 Å². The molecule has 0 spiro atoms. The Bertz CT molecular complexity index is 217. The number of carbonyl (C=O) groups is 2. The number of hydrogen-bond donors (Lipinski definition) is 0. The van der Waals surface area contributed by atoms with E-state index in [2.05, 4.69) is 0 Å². The SMILES string of the molecule is CCN(CC)C(=O)C(=O)C(C)(C)CC. The zero-order valence-corrected chi connectivity index (χ0v) is 9.89. The van der Waals surface area contributed by atoms with Gasteiger partial charge in [0.2, 0.25) is 5.78 Å². The molecule has 82 valence electrons. The molecule has 0 aliphatic heterocycles. The Morgan fingerprint density at radius 2 is 1.50 bits per heavy atom. The van der Waals surface area contributed by atoms with Crippen molar-refractivity contribution in [1.29, 1.82) is 0 Å². The molecule has 3 heteroatoms. The molecular weight excluding hydrogens is 178 g/mol. The summed E-state index contributed by atoms with van der Waals surface area (Å²) < 4.78 is 0. The third kappa shape index (κ3) is 2.82. The van der Waals surface area contributed by atoms with Gasteiger partial charge in [-0.25, -0.2) is 0 Å². The zero-order valence-electron chi connectivity index (χ0n) is 9.89. The van der Waals surface area contributed by atoms with Gasteiger partial charge in [-0.2, -0.15) is 0 Å². The summed E-state index contributed by atoms with van der Waals surface area (Å²) in [5, 5.41) is 0. The quantitative estimate of drug-likeness (QED) is 0.634. The molecular formula is C11H21NO2. The second-order valence-electron chi connectivity index (χ2n) is 4.04. The minimum absolute atomic E-state index is 0.274. The Morgan fingerprint density at radius 3 is 1.79 bits per heavy atom. The molecule has 0 bridgehead atoms. The second-order valence-corrected chi connectivity index (χ2v) is 4.04. The van der Waals surface area contributed by atoms with E-state index >= 15 is 0 Å². The number of ketones is 1. The first-order valence-corrected chi connectivity index (χ1v) is 5.24. The Hall–Kier alpha value is -0.860. The van der Waals surface area contributed by atoms with E-state index in [1.54, 1.807) is 4.90 Å². The summed E-state index contributed by atoms with van der Waals surface area (Å²) in [6.07, 6.45) is 0.693. The maximum Gasteiger partial charge on any atom is 0.290 e. The van der Waals surface area contributed by atoms with Crippen LogP contribution in [0.4, 0.5) is 0 Å². The van der Waals surface area contributed by atoms with Crippen molar-refractivity contribution in [3.8, 4) is 0 Å². The van der Waals surface area contributed by atoms with Gasteiger partial charge in [-0.1, -0.05) is 20.8 Å². The van der Waals surface area contributed by atoms with Crippen molar-refractivity contribution in [2.75, 3.05) is 13.1 Å². The van der Waals surface area contributed by atoms with E-state index in [0.29, 0.717) is 19.5 Å². The highest BCUT2D eigenvalue weighted by Gasteiger charge is 2.33. The molecule has 0 aromatic rings. The molecule has 3 nitrogen and oxygen atoms in total. The molecule has 0 unspecified atom stereocenters. The molecule has 1 amide bonds. The summed E-state index contributed by atoms with van der Waals surface area (Å²) in [5.41, 5.74) is -0.528. The van der Waals surface area contributed by atoms with Crippen LogP contribution in [0.25, 0.3) is 0 Å². The van der Waals surface area contributed by atoms with Crippen LogP contribution in [0.15, 0.2) is 0 Å². The van der Waals surface area contributed by atoms with Crippen LogP contribution in [0.3, 0.4) is 0 Å². The Balaban J connectivity index is 4.62. The van der Waals surface area contributed by atoms with Gasteiger partial charge >= 0.3 is 0 Å². The van der Waals surface area contributed by atoms with Crippen molar-refractivity contribution in [1.82, 2.24) is 4.90 Å². The highest BCUT2D eigenvalue weighted by atomic mass is 16.2. The molecule has 0 fully saturated rings. The van der Waals surface area contributed by atoms with Crippen LogP contribution in [-0.4, -0.2) is 29.7 Å². The lowest BCUT2D eigenvalue weighted by molar-refractivity contribution is -0.149. The summed E-state index contributed by atoms with van der Waals surface area (Å²) in [6.45, 7) is 10.5. The van der Waals surface area contributed by atoms with Crippen molar-refractivity contribution in [2.24, 2.45) is 5.41 Å². The average Bonchev–Trinajstić information content (AvgIpc) is 2.18. The first kappa shape index (κ1) is 13.1. The van der Waals surface area contributed by atoms with E-state index in [0.717, 1.165) is 0 Å². The van der Waals surface area contributed by atoms with Gasteiger partial charge < -0.3 is 4.90 Å². The van der Waals surface area contributed by atoms with Crippen molar-refractivity contribution >= 4 is 11.7 Å². The van der Waals surface area contributed by atoms with Crippen molar-refractivity contribution in [3.05, 3.63) is 0 Å². The van der Waals surface area contributed by atoms with Gasteiger partial charge in [0, 0.05) is 18.5 Å². The third-order valence-corrected chi connectivity index (χ3v) is 2.74. The molecule has 0 aliphatic carbocycles. The smallest absolute Gasteiger partial charge is 0.290 e. The Labute approximate surface area is 86.5 Å². The maximum atomic E-state index is 11.8. The van der Waals surface area contributed by atoms with Crippen LogP contribution < -0.4 is 0 Å². The van der Waals surface area contributed by atoms with Crippen molar-refractivity contribution in [2.45, 2.75) is 41.0 Å². The average molecular weight is 199 g/mol. The molecule has 0 aromatic carbocycles. The summed E-state index contributed by atoms with van der Waals surface area (Å²) >= 11 is 0. The standard InChI is InChI=1S/C11H21NO2/c1-6-11(4,5)9(13)10(14)12(7-2)8-3/h6-8H2,1-5H3. The fourth-order valence-corrected chi connectivity index (χ4v) is 1.10. The number of nitrogens with zero attached hydrogens (tertiary/aromatic N) is 1. The van der Waals surface area contributed by atoms with Gasteiger partial charge in [-0.3, -0.25) is 9.59 Å². The van der Waals surface area contributed by atoms with Crippen molar-refractivity contribution < 1.29 is 9.59 Å². The van der Waals surface area contributed by atoms with E-state index in [1.807, 2.05) is 34.6 Å². The fourth-order valence-electron chi connectivity index (χ4n) is 1.10. The van der Waals surface area contributed by atoms with E-state index in [9.17, 15) is 9.59 Å². The lowest BCUT2D eigenvalue weighted by atomic mass is 9.84. The number of amides is 1. The van der Waals surface area contributed by atoms with Crippen LogP contribution in [0.2, 0.25) is 0 Å². The highest BCUT2D eigenvalue weighted by Crippen LogP contribution is 2.21. The molecule has 0 rings (SSSR count). The lowest BCUT2D eigenvalue weighted by Crippen LogP contribution is -2.42. The fraction of sp³-hybridized carbons (Fsp3) is 0.818. The predicted molar refractivity (Wildman–Crippen MR) is 57.0 cm³/mol. The zero-order chi connectivity index (χ0) is 11.4. The monoisotopic (exact) mass is 199 g/mol. The van der Waals surface area contributed by atoms with E-state index in [1.165, 1.54) is 0 Å². The summed E-state index contributed by atoms with van der Waals surface area (Å²) in [5.74, 6) is -0.620. The predicted octanol–water partition coefficient (Wildman–Crippen LogP) is 1.86. The second kappa shape index (κ2) is 5.13. The van der Waals surface area contributed by atoms with Gasteiger partial charge in [-0.05, 0) is 20.3 Å². The van der Waals surface area contributed by atoms with E-state index in [4.69, 9.17) is 0 Å². The number of likely N-dealkylation sites (N-methyl/N-ethyl adjacent to an activating group) is 1. The lowest BCUT2D eigenvalue weighted by Gasteiger charge is -2.25. The van der Waals surface area contributed by atoms with E-state index in [-0.39, 0.29) is 11.7 Å². The van der Waals surface area contributed by atoms with Gasteiger partial charge in [-0.15, -0.1) is 0 Å². The number of rotatable bonds is 5. The molecule has 0 radical (unpaired) electrons. The molecule has 0 aliphatic rings. The third-order valence-electron chi connectivity index (χ3n) is 2.74. The molecule has 0 N–H and O–H groups in total. The normalized spacial score (nSPS) is 11.2. The number of carbonyl (C=O) groups excluding carboxylic acids is 2. The van der Waals surface area contributed by atoms with Gasteiger partial charge in [0.05, 0.1) is 0 Å². The summed E-state index contributed by atoms with van der Waals surface area (Å²) in [6, 6.07) is 0. The topological polar surface area (TPSA) is 37.4 Å². The molecule has 0 aromatic heterocycles. The van der Waals surface area contributed by atoms with Crippen LogP contribution in [-0.2, 0) is 9.59 Å². The van der Waals surface area contributed by atoms with E-state index < -0.39 is 5.41 Å². The summed E-state index contributed by atoms with van der Waals surface area (Å²) in [7, 11) is 0. The minimum atomic E-state index is -0.528. The molecule has 14 heavy (non-hydrogen) atoms. The van der Waals surface area contributed by atoms with Crippen LogP contribution in [0, 0.1) is 5.41 Å². The first-order valence-electron chi connectivity index (χ1n) is 5.24. The molecule has 0 saturated carbocycles. The van der Waals surface area contributed by atoms with Crippen molar-refractivity contribution in [3.63, 3.8) is 0 Å². The minimum Gasteiger partial charge on any atom is -0.337 e. The van der Waals surface area contributed by atoms with Crippen LogP contribution >= 0.6 is 0 Å². The molecule has 0 saturated heterocycles. The van der Waals surface area contributed by atoms with Gasteiger partial charge in [0.1, 0.15) is 0 Å².